The predicted octanol–water partition coefficient (Wildman–Crippen LogP) is 6.27. The molecule has 2 aromatic heterocycles. The number of piperidine rings is 1. The number of amides is 1. The van der Waals surface area contributed by atoms with Crippen molar-refractivity contribution >= 4 is 34.4 Å². The zero-order chi connectivity index (χ0) is 28.4. The Hall–Kier alpha value is -4.28. The van der Waals surface area contributed by atoms with E-state index in [1.807, 2.05) is 69.4 Å². The molecule has 1 saturated heterocycles. The second-order valence-corrected chi connectivity index (χ2v) is 11.4. The van der Waals surface area contributed by atoms with Crippen molar-refractivity contribution in [2.75, 3.05) is 44.0 Å². The molecular weight excluding hydrogens is 496 g/mol. The van der Waals surface area contributed by atoms with Crippen LogP contribution in [0.5, 0.6) is 0 Å². The lowest BCUT2D eigenvalue weighted by molar-refractivity contribution is -0.106. The van der Waals surface area contributed by atoms with E-state index in [1.54, 1.807) is 11.1 Å². The number of nitrogens with zero attached hydrogens (tertiary/aromatic N) is 6. The average molecular weight is 533 g/mol. The molecule has 1 aliphatic heterocycles. The van der Waals surface area contributed by atoms with Crippen LogP contribution in [0, 0.1) is 11.3 Å². The molecule has 5 rings (SSSR count). The largest absolute Gasteiger partial charge is 0.375 e. The van der Waals surface area contributed by atoms with Gasteiger partial charge in [-0.05, 0) is 88.3 Å². The van der Waals surface area contributed by atoms with Crippen LogP contribution >= 0.6 is 0 Å². The fourth-order valence-corrected chi connectivity index (χ4v) is 5.40. The Morgan fingerprint density at radius 1 is 0.975 bits per heavy atom. The number of anilines is 3. The highest BCUT2D eigenvalue weighted by atomic mass is 16.1. The first-order valence-corrected chi connectivity index (χ1v) is 13.7. The van der Waals surface area contributed by atoms with Gasteiger partial charge in [-0.3, -0.25) is 19.7 Å². The highest BCUT2D eigenvalue weighted by Crippen LogP contribution is 2.40. The molecule has 1 aliphatic rings. The van der Waals surface area contributed by atoms with Gasteiger partial charge in [0.15, 0.2) is 0 Å². The van der Waals surface area contributed by atoms with Gasteiger partial charge in [-0.1, -0.05) is 24.3 Å². The third kappa shape index (κ3) is 5.28. The maximum absolute atomic E-state index is 12.6. The number of hydrogen-bond donors (Lipinski definition) is 0. The van der Waals surface area contributed by atoms with Crippen LogP contribution in [0.25, 0.3) is 22.0 Å². The number of benzene rings is 2. The first kappa shape index (κ1) is 27.3. The minimum absolute atomic E-state index is 0.506. The second kappa shape index (κ2) is 11.1. The van der Waals surface area contributed by atoms with E-state index in [4.69, 9.17) is 9.97 Å². The molecule has 204 valence electrons. The van der Waals surface area contributed by atoms with E-state index in [0.29, 0.717) is 5.92 Å². The predicted molar refractivity (Wildman–Crippen MR) is 162 cm³/mol. The summed E-state index contributed by atoms with van der Waals surface area (Å²) in [5.74, 6) is 0.506. The summed E-state index contributed by atoms with van der Waals surface area (Å²) in [6.07, 6.45) is 6.88. The molecule has 4 aromatic rings. The van der Waals surface area contributed by atoms with Gasteiger partial charge in [0.25, 0.3) is 0 Å². The molecule has 40 heavy (non-hydrogen) atoms. The van der Waals surface area contributed by atoms with Gasteiger partial charge >= 0.3 is 0 Å². The zero-order valence-electron chi connectivity index (χ0n) is 23.9. The molecule has 0 saturated carbocycles. The maximum atomic E-state index is 12.6. The van der Waals surface area contributed by atoms with Crippen molar-refractivity contribution in [2.24, 2.45) is 0 Å². The van der Waals surface area contributed by atoms with Gasteiger partial charge in [-0.2, -0.15) is 5.26 Å². The number of likely N-dealkylation sites (tertiary alicyclic amines) is 1. The van der Waals surface area contributed by atoms with E-state index >= 15 is 0 Å². The number of hydrogen-bond acceptors (Lipinski definition) is 6. The van der Waals surface area contributed by atoms with E-state index in [-0.39, 0.29) is 0 Å². The van der Waals surface area contributed by atoms with Crippen molar-refractivity contribution in [3.05, 3.63) is 78.2 Å². The topological polar surface area (TPSA) is 76.4 Å². The summed E-state index contributed by atoms with van der Waals surface area (Å²) in [6, 6.07) is 20.4. The zero-order valence-corrected chi connectivity index (χ0v) is 23.9. The Bertz CT molecular complexity index is 1550. The van der Waals surface area contributed by atoms with Crippen LogP contribution in [-0.4, -0.2) is 55.5 Å². The molecule has 0 N–H and O–H groups in total. The summed E-state index contributed by atoms with van der Waals surface area (Å²) >= 11 is 0. The van der Waals surface area contributed by atoms with E-state index < -0.39 is 5.41 Å². The van der Waals surface area contributed by atoms with Gasteiger partial charge < -0.3 is 9.80 Å². The summed E-state index contributed by atoms with van der Waals surface area (Å²) in [7, 11) is 6.07. The molecule has 0 atom stereocenters. The molecular formula is C33H36N6O. The van der Waals surface area contributed by atoms with Crippen LogP contribution in [0.4, 0.5) is 17.1 Å². The Balaban J connectivity index is 1.56. The lowest BCUT2D eigenvalue weighted by Crippen LogP contribution is -2.29. The lowest BCUT2D eigenvalue weighted by Gasteiger charge is -2.28. The van der Waals surface area contributed by atoms with Crippen LogP contribution in [0.2, 0.25) is 0 Å². The van der Waals surface area contributed by atoms with Crippen LogP contribution in [0.1, 0.15) is 43.9 Å². The van der Waals surface area contributed by atoms with Gasteiger partial charge in [-0.25, -0.2) is 0 Å². The third-order valence-electron chi connectivity index (χ3n) is 8.05. The smallest absolute Gasteiger partial charge is 0.218 e. The van der Waals surface area contributed by atoms with Gasteiger partial charge in [0, 0.05) is 48.5 Å². The molecule has 1 fully saturated rings. The molecule has 0 radical (unpaired) electrons. The summed E-state index contributed by atoms with van der Waals surface area (Å²) in [5, 5.41) is 10.4. The van der Waals surface area contributed by atoms with Crippen molar-refractivity contribution in [2.45, 2.75) is 38.0 Å². The highest BCUT2D eigenvalue weighted by molar-refractivity contribution is 6.07. The van der Waals surface area contributed by atoms with Crippen molar-refractivity contribution in [1.82, 2.24) is 14.9 Å². The normalized spacial score (nSPS) is 14.6. The molecule has 0 aliphatic carbocycles. The SMILES string of the molecule is CN1CCC(c2ccc(-c3ccc4ncc(N(C)C)c(N(C=O)c5ccc(C(C)(C)C#N)cc5)c4c3)cn2)CC1. The minimum atomic E-state index is -0.617. The van der Waals surface area contributed by atoms with Crippen LogP contribution < -0.4 is 9.80 Å². The first-order chi connectivity index (χ1) is 19.2. The molecule has 0 bridgehead atoms. The lowest BCUT2D eigenvalue weighted by atomic mass is 9.86. The van der Waals surface area contributed by atoms with Crippen LogP contribution in [-0.2, 0) is 10.2 Å². The number of aromatic nitrogens is 2. The van der Waals surface area contributed by atoms with Gasteiger partial charge in [0.05, 0.1) is 34.6 Å². The molecule has 7 nitrogen and oxygen atoms in total. The second-order valence-electron chi connectivity index (χ2n) is 11.4. The maximum Gasteiger partial charge on any atom is 0.218 e. The molecule has 2 aromatic carbocycles. The van der Waals surface area contributed by atoms with Gasteiger partial charge in [-0.15, -0.1) is 0 Å². The monoisotopic (exact) mass is 532 g/mol. The molecule has 1 amide bonds. The standard InChI is InChI=1S/C33H36N6O/c1-33(2,21-34)26-8-10-27(11-9-26)39(22-40)32-28-18-24(6-13-30(28)36-20-31(32)37(3)4)25-7-12-29(35-19-25)23-14-16-38(5)17-15-23/h6-13,18-20,22-23H,14-17H2,1-5H3. The van der Waals surface area contributed by atoms with Crippen LogP contribution in [0.15, 0.2) is 67.0 Å². The van der Waals surface area contributed by atoms with Crippen molar-refractivity contribution in [3.8, 4) is 17.2 Å². The number of pyridine rings is 2. The summed E-state index contributed by atoms with van der Waals surface area (Å²) in [4.78, 5) is 28.2. The highest BCUT2D eigenvalue weighted by Gasteiger charge is 2.23. The Morgan fingerprint density at radius 3 is 2.27 bits per heavy atom. The minimum Gasteiger partial charge on any atom is -0.375 e. The molecule has 3 heterocycles. The van der Waals surface area contributed by atoms with Crippen molar-refractivity contribution in [1.29, 1.82) is 5.26 Å². The van der Waals surface area contributed by atoms with E-state index in [1.165, 1.54) is 0 Å². The Morgan fingerprint density at radius 2 is 1.68 bits per heavy atom. The molecule has 0 spiro atoms. The summed E-state index contributed by atoms with van der Waals surface area (Å²) < 4.78 is 0. The fraction of sp³-hybridized carbons (Fsp3) is 0.333. The van der Waals surface area contributed by atoms with E-state index in [0.717, 1.165) is 82.7 Å². The average Bonchev–Trinajstić information content (AvgIpc) is 2.98. The number of carbonyl (C=O) groups is 1. The van der Waals surface area contributed by atoms with E-state index in [9.17, 15) is 10.1 Å². The van der Waals surface area contributed by atoms with Crippen LogP contribution in [0.3, 0.4) is 0 Å². The first-order valence-electron chi connectivity index (χ1n) is 13.7. The number of nitriles is 1. The fourth-order valence-electron chi connectivity index (χ4n) is 5.40. The molecule has 0 unspecified atom stereocenters. The number of fused-ring (bicyclic) bond motifs is 1. The van der Waals surface area contributed by atoms with Gasteiger partial charge in [0.1, 0.15) is 0 Å². The van der Waals surface area contributed by atoms with Gasteiger partial charge in [0.2, 0.25) is 6.41 Å². The summed E-state index contributed by atoms with van der Waals surface area (Å²) in [5.41, 5.74) is 6.59. The van der Waals surface area contributed by atoms with E-state index in [2.05, 4.69) is 42.3 Å². The molecule has 7 heteroatoms. The van der Waals surface area contributed by atoms with Crippen molar-refractivity contribution in [3.63, 3.8) is 0 Å². The number of carbonyl (C=O) groups excluding carboxylic acids is 1. The quantitative estimate of drug-likeness (QED) is 0.261. The Labute approximate surface area is 236 Å². The van der Waals surface area contributed by atoms with Crippen molar-refractivity contribution < 1.29 is 4.79 Å². The Kier molecular flexibility index (Phi) is 7.55. The summed E-state index contributed by atoms with van der Waals surface area (Å²) in [6.45, 7) is 5.98. The third-order valence-corrected chi connectivity index (χ3v) is 8.05. The number of rotatable bonds is 7.